The number of piperidine rings is 1. The van der Waals surface area contributed by atoms with Gasteiger partial charge in [0, 0.05) is 23.5 Å². The van der Waals surface area contributed by atoms with Crippen molar-refractivity contribution in [2.75, 3.05) is 13.1 Å². The Morgan fingerprint density at radius 1 is 1.20 bits per heavy atom. The summed E-state index contributed by atoms with van der Waals surface area (Å²) in [6.45, 7) is 1.27. The van der Waals surface area contributed by atoms with Gasteiger partial charge in [0.2, 0.25) is 0 Å². The quantitative estimate of drug-likeness (QED) is 0.571. The Morgan fingerprint density at radius 3 is 2.68 bits per heavy atom. The summed E-state index contributed by atoms with van der Waals surface area (Å²) in [6.07, 6.45) is 1.73. The van der Waals surface area contributed by atoms with Crippen LogP contribution in [-0.2, 0) is 0 Å². The highest BCUT2D eigenvalue weighted by atomic mass is 79.9. The summed E-state index contributed by atoms with van der Waals surface area (Å²) in [5.74, 6) is -0.336. The highest BCUT2D eigenvalue weighted by Crippen LogP contribution is 2.34. The van der Waals surface area contributed by atoms with Crippen molar-refractivity contribution in [3.63, 3.8) is 0 Å². The van der Waals surface area contributed by atoms with Crippen LogP contribution in [0.4, 0.5) is 4.39 Å². The Labute approximate surface area is 157 Å². The molecule has 0 N–H and O–H groups in total. The number of benzene rings is 2. The standard InChI is InChI=1S/C19H16BrFN2OS/c20-13-5-6-14(15(21)11-13)19(24)23-9-7-12(8-10-23)18-22-16-3-1-2-4-17(16)25-18/h1-6,11-12H,7-10H2. The van der Waals surface area contributed by atoms with Crippen molar-refractivity contribution in [2.45, 2.75) is 18.8 Å². The van der Waals surface area contributed by atoms with E-state index in [1.165, 1.54) is 10.8 Å². The van der Waals surface area contributed by atoms with E-state index in [1.807, 2.05) is 18.2 Å². The van der Waals surface area contributed by atoms with Gasteiger partial charge in [0.15, 0.2) is 0 Å². The zero-order valence-corrected chi connectivity index (χ0v) is 15.8. The van der Waals surface area contributed by atoms with Gasteiger partial charge in [-0.2, -0.15) is 0 Å². The van der Waals surface area contributed by atoms with E-state index in [0.29, 0.717) is 23.5 Å². The van der Waals surface area contributed by atoms with Gasteiger partial charge in [-0.25, -0.2) is 9.37 Å². The number of rotatable bonds is 2. The Kier molecular flexibility index (Phi) is 4.56. The van der Waals surface area contributed by atoms with Gasteiger partial charge >= 0.3 is 0 Å². The molecule has 0 radical (unpaired) electrons. The van der Waals surface area contributed by atoms with E-state index >= 15 is 0 Å². The Morgan fingerprint density at radius 2 is 1.96 bits per heavy atom. The van der Waals surface area contributed by atoms with E-state index < -0.39 is 5.82 Å². The summed E-state index contributed by atoms with van der Waals surface area (Å²) < 4.78 is 15.9. The summed E-state index contributed by atoms with van der Waals surface area (Å²) in [6, 6.07) is 12.7. The Hall–Kier alpha value is -1.79. The number of likely N-dealkylation sites (tertiary alicyclic amines) is 1. The van der Waals surface area contributed by atoms with E-state index in [9.17, 15) is 9.18 Å². The third-order valence-corrected chi connectivity index (χ3v) is 6.30. The fraction of sp³-hybridized carbons (Fsp3) is 0.263. The molecule has 0 bridgehead atoms. The molecule has 3 nitrogen and oxygen atoms in total. The van der Waals surface area contributed by atoms with Crippen LogP contribution in [0.5, 0.6) is 0 Å². The molecule has 128 valence electrons. The van der Waals surface area contributed by atoms with Gasteiger partial charge in [-0.1, -0.05) is 28.1 Å². The second-order valence-corrected chi connectivity index (χ2v) is 8.19. The third kappa shape index (κ3) is 3.33. The number of fused-ring (bicyclic) bond motifs is 1. The fourth-order valence-corrected chi connectivity index (χ4v) is 4.70. The Balaban J connectivity index is 1.46. The van der Waals surface area contributed by atoms with Gasteiger partial charge in [-0.3, -0.25) is 4.79 Å². The second-order valence-electron chi connectivity index (χ2n) is 6.21. The second kappa shape index (κ2) is 6.84. The van der Waals surface area contributed by atoms with Crippen LogP contribution in [0.3, 0.4) is 0 Å². The van der Waals surface area contributed by atoms with Crippen LogP contribution in [0.25, 0.3) is 10.2 Å². The summed E-state index contributed by atoms with van der Waals surface area (Å²) in [4.78, 5) is 19.1. The number of carbonyl (C=O) groups is 1. The van der Waals surface area contributed by atoms with E-state index in [1.54, 1.807) is 28.4 Å². The third-order valence-electron chi connectivity index (χ3n) is 4.60. The first-order valence-corrected chi connectivity index (χ1v) is 9.82. The molecule has 0 saturated carbocycles. The zero-order chi connectivity index (χ0) is 17.4. The zero-order valence-electron chi connectivity index (χ0n) is 13.4. The Bertz CT molecular complexity index is 901. The predicted octanol–water partition coefficient (Wildman–Crippen LogP) is 5.22. The number of hydrogen-bond donors (Lipinski definition) is 0. The molecule has 0 spiro atoms. The molecule has 1 aromatic heterocycles. The molecular formula is C19H16BrFN2OS. The van der Waals surface area contributed by atoms with Crippen LogP contribution in [-0.4, -0.2) is 28.9 Å². The molecule has 1 saturated heterocycles. The highest BCUT2D eigenvalue weighted by molar-refractivity contribution is 9.10. The molecule has 3 aromatic rings. The van der Waals surface area contributed by atoms with Gasteiger partial charge < -0.3 is 4.90 Å². The van der Waals surface area contributed by atoms with Crippen molar-refractivity contribution in [1.29, 1.82) is 0 Å². The largest absolute Gasteiger partial charge is 0.339 e. The topological polar surface area (TPSA) is 33.2 Å². The molecule has 1 fully saturated rings. The molecule has 0 aliphatic carbocycles. The SMILES string of the molecule is O=C(c1ccc(Br)cc1F)N1CCC(c2nc3ccccc3s2)CC1. The maximum Gasteiger partial charge on any atom is 0.256 e. The van der Waals surface area contributed by atoms with Crippen LogP contribution in [0, 0.1) is 5.82 Å². The molecule has 1 amide bonds. The molecule has 1 aliphatic heterocycles. The summed E-state index contributed by atoms with van der Waals surface area (Å²) in [5.41, 5.74) is 1.18. The number of aromatic nitrogens is 1. The maximum absolute atomic E-state index is 14.0. The number of nitrogens with zero attached hydrogens (tertiary/aromatic N) is 2. The molecular weight excluding hydrogens is 403 g/mol. The lowest BCUT2D eigenvalue weighted by atomic mass is 9.97. The number of carbonyl (C=O) groups excluding carboxylic acids is 1. The van der Waals surface area contributed by atoms with Crippen molar-refractivity contribution < 1.29 is 9.18 Å². The van der Waals surface area contributed by atoms with Gasteiger partial charge in [-0.05, 0) is 43.2 Å². The molecule has 6 heteroatoms. The number of thiazole rings is 1. The van der Waals surface area contributed by atoms with Crippen molar-refractivity contribution in [3.8, 4) is 0 Å². The van der Waals surface area contributed by atoms with Crippen LogP contribution < -0.4 is 0 Å². The van der Waals surface area contributed by atoms with Crippen molar-refractivity contribution in [3.05, 3.63) is 63.3 Å². The lowest BCUT2D eigenvalue weighted by molar-refractivity contribution is 0.0708. The summed E-state index contributed by atoms with van der Waals surface area (Å²) in [7, 11) is 0. The first-order chi connectivity index (χ1) is 12.1. The van der Waals surface area contributed by atoms with Crippen LogP contribution >= 0.6 is 27.3 Å². The normalized spacial score (nSPS) is 15.7. The number of para-hydroxylation sites is 1. The van der Waals surface area contributed by atoms with E-state index in [2.05, 4.69) is 22.0 Å². The lowest BCUT2D eigenvalue weighted by Crippen LogP contribution is -2.38. The van der Waals surface area contributed by atoms with Crippen LogP contribution in [0.2, 0.25) is 0 Å². The van der Waals surface area contributed by atoms with E-state index in [-0.39, 0.29) is 11.5 Å². The summed E-state index contributed by atoms with van der Waals surface area (Å²) in [5, 5.41) is 1.14. The number of hydrogen-bond acceptors (Lipinski definition) is 3. The first kappa shape index (κ1) is 16.7. The summed E-state index contributed by atoms with van der Waals surface area (Å²) >= 11 is 4.95. The molecule has 4 rings (SSSR count). The highest BCUT2D eigenvalue weighted by Gasteiger charge is 2.27. The molecule has 2 aromatic carbocycles. The molecule has 0 unspecified atom stereocenters. The predicted molar refractivity (Wildman–Crippen MR) is 102 cm³/mol. The van der Waals surface area contributed by atoms with Crippen molar-refractivity contribution in [1.82, 2.24) is 9.88 Å². The van der Waals surface area contributed by atoms with Gasteiger partial charge in [0.05, 0.1) is 20.8 Å². The average Bonchev–Trinajstić information content (AvgIpc) is 3.05. The van der Waals surface area contributed by atoms with E-state index in [0.717, 1.165) is 23.4 Å². The van der Waals surface area contributed by atoms with Crippen LogP contribution in [0.1, 0.15) is 34.1 Å². The molecule has 25 heavy (non-hydrogen) atoms. The number of halogens is 2. The molecule has 1 aliphatic rings. The molecule has 2 heterocycles. The van der Waals surface area contributed by atoms with E-state index in [4.69, 9.17) is 4.98 Å². The minimum Gasteiger partial charge on any atom is -0.339 e. The number of amides is 1. The monoisotopic (exact) mass is 418 g/mol. The van der Waals surface area contributed by atoms with Crippen molar-refractivity contribution >= 4 is 43.4 Å². The minimum atomic E-state index is -0.479. The van der Waals surface area contributed by atoms with Gasteiger partial charge in [0.25, 0.3) is 5.91 Å². The van der Waals surface area contributed by atoms with Gasteiger partial charge in [-0.15, -0.1) is 11.3 Å². The fourth-order valence-electron chi connectivity index (χ4n) is 3.23. The first-order valence-electron chi connectivity index (χ1n) is 8.21. The van der Waals surface area contributed by atoms with Crippen LogP contribution in [0.15, 0.2) is 46.9 Å². The smallest absolute Gasteiger partial charge is 0.256 e. The molecule has 0 atom stereocenters. The average molecular weight is 419 g/mol. The maximum atomic E-state index is 14.0. The minimum absolute atomic E-state index is 0.140. The lowest BCUT2D eigenvalue weighted by Gasteiger charge is -2.31. The van der Waals surface area contributed by atoms with Crippen molar-refractivity contribution in [2.24, 2.45) is 0 Å². The van der Waals surface area contributed by atoms with Gasteiger partial charge in [0.1, 0.15) is 5.82 Å².